The standard InChI is InChI=1S/C16H13F3N2O/c1-3-10-22-15-12(4-2)13(16(17,18)19)20-14(21-15)11-8-6-5-7-9-11/h1,5-9H,4,10H2,2H3. The third-order valence-electron chi connectivity index (χ3n) is 2.92. The minimum Gasteiger partial charge on any atom is -0.464 e. The molecule has 0 saturated carbocycles. The first-order valence-corrected chi connectivity index (χ1v) is 6.57. The molecule has 0 atom stereocenters. The lowest BCUT2D eigenvalue weighted by atomic mass is 10.1. The van der Waals surface area contributed by atoms with E-state index in [2.05, 4.69) is 15.9 Å². The van der Waals surface area contributed by atoms with Gasteiger partial charge in [-0.3, -0.25) is 0 Å². The molecule has 2 rings (SSSR count). The van der Waals surface area contributed by atoms with Crippen molar-refractivity contribution in [3.8, 4) is 29.6 Å². The zero-order valence-electron chi connectivity index (χ0n) is 11.8. The number of hydrogen-bond donors (Lipinski definition) is 0. The maximum atomic E-state index is 13.2. The smallest absolute Gasteiger partial charge is 0.433 e. The molecule has 0 aliphatic heterocycles. The van der Waals surface area contributed by atoms with E-state index < -0.39 is 11.9 Å². The van der Waals surface area contributed by atoms with E-state index in [1.165, 1.54) is 0 Å². The summed E-state index contributed by atoms with van der Waals surface area (Å²) in [6, 6.07) is 8.41. The normalized spacial score (nSPS) is 11.0. The number of halogens is 3. The van der Waals surface area contributed by atoms with Crippen LogP contribution in [0.3, 0.4) is 0 Å². The number of nitrogens with zero attached hydrogens (tertiary/aromatic N) is 2. The number of rotatable bonds is 4. The Labute approximate surface area is 126 Å². The van der Waals surface area contributed by atoms with Gasteiger partial charge >= 0.3 is 6.18 Å². The van der Waals surface area contributed by atoms with Crippen molar-refractivity contribution in [3.63, 3.8) is 0 Å². The molecule has 0 spiro atoms. The summed E-state index contributed by atoms with van der Waals surface area (Å²) in [6.07, 6.45) is 0.596. The van der Waals surface area contributed by atoms with Gasteiger partial charge in [-0.05, 0) is 6.42 Å². The molecular formula is C16H13F3N2O. The SMILES string of the molecule is C#CCOc1nc(-c2ccccc2)nc(C(F)(F)F)c1CC. The van der Waals surface area contributed by atoms with E-state index in [1.54, 1.807) is 37.3 Å². The summed E-state index contributed by atoms with van der Waals surface area (Å²) in [5.74, 6) is 2.05. The van der Waals surface area contributed by atoms with Gasteiger partial charge in [-0.25, -0.2) is 4.98 Å². The molecule has 2 aromatic rings. The third-order valence-corrected chi connectivity index (χ3v) is 2.92. The van der Waals surface area contributed by atoms with Crippen molar-refractivity contribution >= 4 is 0 Å². The van der Waals surface area contributed by atoms with E-state index in [1.807, 2.05) is 0 Å². The molecule has 0 unspecified atom stereocenters. The van der Waals surface area contributed by atoms with Gasteiger partial charge in [0.1, 0.15) is 0 Å². The van der Waals surface area contributed by atoms with Crippen molar-refractivity contribution < 1.29 is 17.9 Å². The average Bonchev–Trinajstić information content (AvgIpc) is 2.51. The molecular weight excluding hydrogens is 293 g/mol. The molecule has 0 bridgehead atoms. The lowest BCUT2D eigenvalue weighted by Crippen LogP contribution is -2.15. The van der Waals surface area contributed by atoms with Crippen molar-refractivity contribution in [1.82, 2.24) is 9.97 Å². The van der Waals surface area contributed by atoms with Gasteiger partial charge in [0.05, 0.1) is 0 Å². The number of benzene rings is 1. The molecule has 114 valence electrons. The van der Waals surface area contributed by atoms with Crippen LogP contribution in [0.25, 0.3) is 11.4 Å². The maximum Gasteiger partial charge on any atom is 0.433 e. The van der Waals surface area contributed by atoms with Gasteiger partial charge in [-0.2, -0.15) is 18.2 Å². The quantitative estimate of drug-likeness (QED) is 0.807. The van der Waals surface area contributed by atoms with Crippen LogP contribution in [0, 0.1) is 12.3 Å². The minimum absolute atomic E-state index is 0.0443. The Morgan fingerprint density at radius 3 is 2.41 bits per heavy atom. The molecule has 0 aliphatic rings. The Bertz CT molecular complexity index is 691. The van der Waals surface area contributed by atoms with E-state index in [4.69, 9.17) is 11.2 Å². The second-order valence-corrected chi connectivity index (χ2v) is 4.39. The van der Waals surface area contributed by atoms with Gasteiger partial charge in [0.15, 0.2) is 18.1 Å². The molecule has 0 aliphatic carbocycles. The van der Waals surface area contributed by atoms with Gasteiger partial charge in [-0.15, -0.1) is 6.42 Å². The zero-order valence-corrected chi connectivity index (χ0v) is 11.8. The highest BCUT2D eigenvalue weighted by Crippen LogP contribution is 2.35. The summed E-state index contributed by atoms with van der Waals surface area (Å²) >= 11 is 0. The summed E-state index contributed by atoms with van der Waals surface area (Å²) in [5, 5.41) is 0. The summed E-state index contributed by atoms with van der Waals surface area (Å²) in [6.45, 7) is 1.42. The number of hydrogen-bond acceptors (Lipinski definition) is 3. The number of terminal acetylenes is 1. The van der Waals surface area contributed by atoms with E-state index in [0.717, 1.165) is 0 Å². The van der Waals surface area contributed by atoms with Crippen molar-refractivity contribution in [1.29, 1.82) is 0 Å². The molecule has 0 N–H and O–H groups in total. The van der Waals surface area contributed by atoms with Crippen LogP contribution in [-0.2, 0) is 12.6 Å². The Balaban J connectivity index is 2.64. The van der Waals surface area contributed by atoms with E-state index in [0.29, 0.717) is 5.56 Å². The second-order valence-electron chi connectivity index (χ2n) is 4.39. The molecule has 0 fully saturated rings. The highest BCUT2D eigenvalue weighted by Gasteiger charge is 2.37. The van der Waals surface area contributed by atoms with Crippen LogP contribution in [-0.4, -0.2) is 16.6 Å². The first kappa shape index (κ1) is 15.8. The topological polar surface area (TPSA) is 35.0 Å². The van der Waals surface area contributed by atoms with Crippen molar-refractivity contribution in [2.45, 2.75) is 19.5 Å². The lowest BCUT2D eigenvalue weighted by Gasteiger charge is -2.15. The fourth-order valence-electron chi connectivity index (χ4n) is 1.96. The highest BCUT2D eigenvalue weighted by molar-refractivity contribution is 5.56. The monoisotopic (exact) mass is 306 g/mol. The predicted molar refractivity (Wildman–Crippen MR) is 76.2 cm³/mol. The van der Waals surface area contributed by atoms with Crippen molar-refractivity contribution in [3.05, 3.63) is 41.6 Å². The Kier molecular flexibility index (Phi) is 4.66. The third kappa shape index (κ3) is 3.37. The van der Waals surface area contributed by atoms with Gasteiger partial charge in [0, 0.05) is 11.1 Å². The molecule has 0 saturated heterocycles. The second kappa shape index (κ2) is 6.48. The number of ether oxygens (including phenoxy) is 1. The molecule has 1 aromatic carbocycles. The van der Waals surface area contributed by atoms with Crippen LogP contribution in [0.15, 0.2) is 30.3 Å². The zero-order chi connectivity index (χ0) is 16.2. The summed E-state index contributed by atoms with van der Waals surface area (Å²) < 4.78 is 44.9. The van der Waals surface area contributed by atoms with Crippen LogP contribution >= 0.6 is 0 Å². The van der Waals surface area contributed by atoms with Crippen LogP contribution in [0.2, 0.25) is 0 Å². The molecule has 1 heterocycles. The van der Waals surface area contributed by atoms with Gasteiger partial charge in [0.25, 0.3) is 0 Å². The fraction of sp³-hybridized carbons (Fsp3) is 0.250. The van der Waals surface area contributed by atoms with Crippen LogP contribution in [0.1, 0.15) is 18.2 Å². The largest absolute Gasteiger partial charge is 0.464 e. The number of alkyl halides is 3. The molecule has 1 aromatic heterocycles. The average molecular weight is 306 g/mol. The van der Waals surface area contributed by atoms with Crippen LogP contribution < -0.4 is 4.74 Å². The van der Waals surface area contributed by atoms with Gasteiger partial charge < -0.3 is 4.74 Å². The maximum absolute atomic E-state index is 13.2. The fourth-order valence-corrected chi connectivity index (χ4v) is 1.96. The molecule has 3 nitrogen and oxygen atoms in total. The van der Waals surface area contributed by atoms with E-state index >= 15 is 0 Å². The van der Waals surface area contributed by atoms with Crippen molar-refractivity contribution in [2.24, 2.45) is 0 Å². The highest BCUT2D eigenvalue weighted by atomic mass is 19.4. The molecule has 0 radical (unpaired) electrons. The Hall–Kier alpha value is -2.55. The van der Waals surface area contributed by atoms with Gasteiger partial charge in [-0.1, -0.05) is 43.2 Å². The first-order valence-electron chi connectivity index (χ1n) is 6.57. The Morgan fingerprint density at radius 2 is 1.86 bits per heavy atom. The summed E-state index contributed by atoms with van der Waals surface area (Å²) in [4.78, 5) is 7.78. The first-order chi connectivity index (χ1) is 10.5. The van der Waals surface area contributed by atoms with Crippen LogP contribution in [0.4, 0.5) is 13.2 Å². The molecule has 22 heavy (non-hydrogen) atoms. The Morgan fingerprint density at radius 1 is 1.18 bits per heavy atom. The van der Waals surface area contributed by atoms with E-state index in [-0.39, 0.29) is 30.3 Å². The number of aromatic nitrogens is 2. The molecule has 0 amide bonds. The van der Waals surface area contributed by atoms with Crippen LogP contribution in [0.5, 0.6) is 5.88 Å². The summed E-state index contributed by atoms with van der Waals surface area (Å²) in [5.41, 5.74) is -0.612. The molecule has 6 heteroatoms. The van der Waals surface area contributed by atoms with Gasteiger partial charge in [0.2, 0.25) is 5.88 Å². The predicted octanol–water partition coefficient (Wildman–Crippen LogP) is 3.74. The lowest BCUT2D eigenvalue weighted by molar-refractivity contribution is -0.142. The summed E-state index contributed by atoms with van der Waals surface area (Å²) in [7, 11) is 0. The van der Waals surface area contributed by atoms with Crippen molar-refractivity contribution in [2.75, 3.05) is 6.61 Å². The van der Waals surface area contributed by atoms with E-state index in [9.17, 15) is 13.2 Å². The minimum atomic E-state index is -4.59.